The van der Waals surface area contributed by atoms with Crippen molar-refractivity contribution in [3.8, 4) is 28.4 Å². The number of nitrogens with zero attached hydrogens (tertiary/aromatic N) is 1. The van der Waals surface area contributed by atoms with Crippen LogP contribution >= 0.6 is 0 Å². The van der Waals surface area contributed by atoms with Gasteiger partial charge in [0.15, 0.2) is 11.5 Å². The molecule has 1 aliphatic heterocycles. The van der Waals surface area contributed by atoms with E-state index in [1.54, 1.807) is 30.7 Å². The molecule has 0 bridgehead atoms. The maximum Gasteiger partial charge on any atom is 0.264 e. The lowest BCUT2D eigenvalue weighted by atomic mass is 10.0. The lowest BCUT2D eigenvalue weighted by Crippen LogP contribution is -2.50. The molecule has 42 heavy (non-hydrogen) atoms. The van der Waals surface area contributed by atoms with Gasteiger partial charge in [0.2, 0.25) is 0 Å². The van der Waals surface area contributed by atoms with Crippen LogP contribution in [0.4, 0.5) is 5.69 Å². The number of ether oxygens (including phenoxy) is 2. The summed E-state index contributed by atoms with van der Waals surface area (Å²) >= 11 is 0. The molecule has 0 spiro atoms. The van der Waals surface area contributed by atoms with E-state index in [2.05, 4.69) is 47.6 Å². The SMILES string of the molecule is COc1cc2c3c(c4ccc(O[Si](C(C)C)(C(C)C)C(C)C)ccc-4c3c1OC)N(S(=O)(=O)c1ccc(C)cc1)CC2. The summed E-state index contributed by atoms with van der Waals surface area (Å²) in [6.07, 6.45) is 0.567. The minimum atomic E-state index is -3.82. The maximum absolute atomic E-state index is 14.2. The van der Waals surface area contributed by atoms with Crippen LogP contribution in [0.15, 0.2) is 59.5 Å². The molecule has 2 aromatic carbocycles. The van der Waals surface area contributed by atoms with Gasteiger partial charge in [0, 0.05) is 22.9 Å². The largest absolute Gasteiger partial charge is 0.543 e. The fourth-order valence-electron chi connectivity index (χ4n) is 7.19. The van der Waals surface area contributed by atoms with Gasteiger partial charge in [-0.2, -0.15) is 0 Å². The van der Waals surface area contributed by atoms with Crippen LogP contribution in [0.3, 0.4) is 0 Å². The average molecular weight is 606 g/mol. The van der Waals surface area contributed by atoms with Crippen LogP contribution in [-0.4, -0.2) is 37.5 Å². The standard InChI is InChI=1S/C34H43NO5SSi/c1-21(2)42(22(3)4,23(5)6)40-26-12-16-28-29(17-13-26)33-31-25(20-30(38-8)34(39-9)32(28)31)18-19-35(33)41(36,37)27-14-10-24(7)11-15-27/h10-17,20-23H,18-19H2,1-9H3. The van der Waals surface area contributed by atoms with E-state index < -0.39 is 18.3 Å². The Labute approximate surface area is 252 Å². The first kappa shape index (κ1) is 30.2. The molecule has 0 amide bonds. The summed E-state index contributed by atoms with van der Waals surface area (Å²) in [4.78, 5) is 0.283. The molecule has 8 heteroatoms. The van der Waals surface area contributed by atoms with Crippen LogP contribution < -0.4 is 18.2 Å². The summed E-state index contributed by atoms with van der Waals surface area (Å²) in [6, 6.07) is 17.2. The van der Waals surface area contributed by atoms with E-state index in [4.69, 9.17) is 13.9 Å². The van der Waals surface area contributed by atoms with Gasteiger partial charge in [-0.3, -0.25) is 4.31 Å². The molecule has 0 saturated carbocycles. The van der Waals surface area contributed by atoms with Crippen LogP contribution in [0.2, 0.25) is 16.6 Å². The van der Waals surface area contributed by atoms with Crippen LogP contribution in [0.25, 0.3) is 21.9 Å². The van der Waals surface area contributed by atoms with Crippen LogP contribution in [0.1, 0.15) is 52.7 Å². The Morgan fingerprint density at radius 3 is 1.93 bits per heavy atom. The Kier molecular flexibility index (Phi) is 8.00. The quantitative estimate of drug-likeness (QED) is 0.179. The van der Waals surface area contributed by atoms with Crippen molar-refractivity contribution in [1.29, 1.82) is 0 Å². The number of rotatable bonds is 9. The molecule has 224 valence electrons. The van der Waals surface area contributed by atoms with E-state index >= 15 is 0 Å². The molecule has 0 radical (unpaired) electrons. The molecule has 0 atom stereocenters. The smallest absolute Gasteiger partial charge is 0.264 e. The third kappa shape index (κ3) is 4.63. The second kappa shape index (κ2) is 11.1. The minimum Gasteiger partial charge on any atom is -0.543 e. The van der Waals surface area contributed by atoms with Gasteiger partial charge in [0.1, 0.15) is 5.75 Å². The van der Waals surface area contributed by atoms with E-state index in [1.807, 2.05) is 43.3 Å². The van der Waals surface area contributed by atoms with Crippen molar-refractivity contribution in [3.63, 3.8) is 0 Å². The monoisotopic (exact) mass is 605 g/mol. The molecule has 0 saturated heterocycles. The molecule has 0 fully saturated rings. The minimum absolute atomic E-state index is 0.283. The molecule has 2 aromatic rings. The van der Waals surface area contributed by atoms with Crippen molar-refractivity contribution in [2.45, 2.75) is 76.4 Å². The number of aryl methyl sites for hydroxylation is 1. The Hall–Kier alpha value is -3.23. The lowest BCUT2D eigenvalue weighted by Gasteiger charge is -2.42. The number of benzene rings is 2. The Balaban J connectivity index is 1.80. The number of anilines is 1. The first-order chi connectivity index (χ1) is 19.9. The first-order valence-corrected chi connectivity index (χ1v) is 18.4. The van der Waals surface area contributed by atoms with Crippen molar-refractivity contribution in [2.24, 2.45) is 0 Å². The van der Waals surface area contributed by atoms with E-state index in [0.29, 0.717) is 46.8 Å². The van der Waals surface area contributed by atoms with Crippen molar-refractivity contribution >= 4 is 34.8 Å². The van der Waals surface area contributed by atoms with Gasteiger partial charge >= 0.3 is 0 Å². The van der Waals surface area contributed by atoms with Crippen LogP contribution in [-0.2, 0) is 16.4 Å². The molecule has 6 nitrogen and oxygen atoms in total. The zero-order valence-corrected chi connectivity index (χ0v) is 28.1. The van der Waals surface area contributed by atoms with Gasteiger partial charge in [-0.1, -0.05) is 59.2 Å². The Morgan fingerprint density at radius 1 is 0.786 bits per heavy atom. The highest BCUT2D eigenvalue weighted by Crippen LogP contribution is 2.55. The number of hydrogen-bond acceptors (Lipinski definition) is 5. The molecule has 2 aliphatic carbocycles. The third-order valence-electron chi connectivity index (χ3n) is 9.08. The number of fused-ring (bicyclic) bond motifs is 3. The van der Waals surface area contributed by atoms with E-state index in [9.17, 15) is 8.42 Å². The Morgan fingerprint density at radius 2 is 1.38 bits per heavy atom. The molecular weight excluding hydrogens is 563 g/mol. The van der Waals surface area contributed by atoms with Crippen molar-refractivity contribution in [1.82, 2.24) is 0 Å². The van der Waals surface area contributed by atoms with Crippen LogP contribution in [0.5, 0.6) is 17.2 Å². The fraction of sp³-hybridized carbons (Fsp3) is 0.412. The first-order valence-electron chi connectivity index (χ1n) is 14.8. The Bertz CT molecular complexity index is 1670. The van der Waals surface area contributed by atoms with Gasteiger partial charge in [-0.15, -0.1) is 0 Å². The summed E-state index contributed by atoms with van der Waals surface area (Å²) < 4.78 is 48.7. The summed E-state index contributed by atoms with van der Waals surface area (Å²) in [7, 11) is -2.76. The van der Waals surface area contributed by atoms with E-state index in [-0.39, 0.29) is 4.90 Å². The molecular formula is C34H43NO5SSi. The van der Waals surface area contributed by atoms with E-state index in [0.717, 1.165) is 38.8 Å². The lowest BCUT2D eigenvalue weighted by molar-refractivity contribution is 0.358. The normalized spacial score (nSPS) is 14.0. The molecule has 0 aromatic heterocycles. The molecule has 0 unspecified atom stereocenters. The second-order valence-electron chi connectivity index (χ2n) is 12.3. The maximum atomic E-state index is 14.2. The summed E-state index contributed by atoms with van der Waals surface area (Å²) in [6.45, 7) is 15.9. The predicted molar refractivity (Wildman–Crippen MR) is 175 cm³/mol. The highest BCUT2D eigenvalue weighted by Gasteiger charge is 2.47. The van der Waals surface area contributed by atoms with Crippen LogP contribution in [0, 0.1) is 6.92 Å². The summed E-state index contributed by atoms with van der Waals surface area (Å²) in [5.74, 6) is 2.05. The van der Waals surface area contributed by atoms with Gasteiger partial charge < -0.3 is 13.9 Å². The zero-order valence-electron chi connectivity index (χ0n) is 26.2. The number of hydrogen-bond donors (Lipinski definition) is 0. The van der Waals surface area contributed by atoms with Gasteiger partial charge in [-0.25, -0.2) is 8.42 Å². The van der Waals surface area contributed by atoms with Crippen molar-refractivity contribution in [3.05, 3.63) is 65.7 Å². The number of sulfonamides is 1. The molecule has 1 heterocycles. The van der Waals surface area contributed by atoms with Gasteiger partial charge in [0.25, 0.3) is 18.3 Å². The fourth-order valence-corrected chi connectivity index (χ4v) is 13.9. The van der Waals surface area contributed by atoms with Gasteiger partial charge in [0.05, 0.1) is 24.8 Å². The zero-order chi connectivity index (χ0) is 30.6. The van der Waals surface area contributed by atoms with Gasteiger partial charge in [-0.05, 0) is 83.6 Å². The second-order valence-corrected chi connectivity index (χ2v) is 19.6. The highest BCUT2D eigenvalue weighted by atomic mass is 32.2. The number of methoxy groups -OCH3 is 2. The molecule has 0 N–H and O–H groups in total. The molecule has 5 rings (SSSR count). The topological polar surface area (TPSA) is 65.1 Å². The molecule has 3 aliphatic rings. The van der Waals surface area contributed by atoms with Crippen molar-refractivity contribution < 1.29 is 22.3 Å². The average Bonchev–Trinajstić information content (AvgIpc) is 3.12. The summed E-state index contributed by atoms with van der Waals surface area (Å²) in [5, 5.41) is 1.76. The van der Waals surface area contributed by atoms with Crippen molar-refractivity contribution in [2.75, 3.05) is 25.1 Å². The third-order valence-corrected chi connectivity index (χ3v) is 16.9. The van der Waals surface area contributed by atoms with E-state index in [1.165, 1.54) is 0 Å². The highest BCUT2D eigenvalue weighted by molar-refractivity contribution is 7.92. The predicted octanol–water partition coefficient (Wildman–Crippen LogP) is 8.58. The summed E-state index contributed by atoms with van der Waals surface area (Å²) in [5.41, 5.74) is 5.76.